The smallest absolute Gasteiger partial charge is 0.340 e. The molecule has 0 unspecified atom stereocenters. The first-order chi connectivity index (χ1) is 14.7. The first kappa shape index (κ1) is 22.4. The number of para-hydroxylation sites is 1. The SMILES string of the molecule is COC(=O)c1c(COC(=O)CCS(=O)(=O)c2ccc(F)cc2)nc2ccccc2c1C. The van der Waals surface area contributed by atoms with Gasteiger partial charge < -0.3 is 9.47 Å². The molecule has 0 radical (unpaired) electrons. The number of carbonyl (C=O) groups excluding carboxylic acids is 2. The number of nitrogens with zero attached hydrogens (tertiary/aromatic N) is 1. The Balaban J connectivity index is 1.74. The number of pyridine rings is 1. The number of sulfone groups is 1. The van der Waals surface area contributed by atoms with Gasteiger partial charge in [0.1, 0.15) is 12.4 Å². The summed E-state index contributed by atoms with van der Waals surface area (Å²) in [6.07, 6.45) is -0.403. The second-order valence-corrected chi connectivity index (χ2v) is 8.86. The van der Waals surface area contributed by atoms with Gasteiger partial charge in [-0.2, -0.15) is 0 Å². The Morgan fingerprint density at radius 2 is 1.74 bits per heavy atom. The quantitative estimate of drug-likeness (QED) is 0.406. The van der Waals surface area contributed by atoms with Crippen LogP contribution in [-0.4, -0.2) is 38.2 Å². The van der Waals surface area contributed by atoms with Gasteiger partial charge in [-0.1, -0.05) is 18.2 Å². The summed E-state index contributed by atoms with van der Waals surface area (Å²) < 4.78 is 47.6. The summed E-state index contributed by atoms with van der Waals surface area (Å²) in [6, 6.07) is 11.5. The largest absolute Gasteiger partial charge is 0.465 e. The van der Waals surface area contributed by atoms with Crippen LogP contribution in [0.15, 0.2) is 53.4 Å². The number of carbonyl (C=O) groups is 2. The molecule has 1 heterocycles. The zero-order chi connectivity index (χ0) is 22.6. The predicted octanol–water partition coefficient (Wildman–Crippen LogP) is 3.38. The van der Waals surface area contributed by atoms with E-state index >= 15 is 0 Å². The van der Waals surface area contributed by atoms with Crippen molar-refractivity contribution < 1.29 is 31.9 Å². The third-order valence-electron chi connectivity index (χ3n) is 4.73. The number of halogens is 1. The molecule has 2 aromatic carbocycles. The van der Waals surface area contributed by atoms with Gasteiger partial charge in [0.2, 0.25) is 0 Å². The molecule has 0 spiro atoms. The molecular weight excluding hydrogens is 425 g/mol. The lowest BCUT2D eigenvalue weighted by molar-refractivity contribution is -0.144. The molecule has 31 heavy (non-hydrogen) atoms. The molecule has 0 saturated carbocycles. The highest BCUT2D eigenvalue weighted by Gasteiger charge is 2.21. The molecule has 9 heteroatoms. The van der Waals surface area contributed by atoms with Crippen LogP contribution in [-0.2, 0) is 30.7 Å². The van der Waals surface area contributed by atoms with Gasteiger partial charge in [-0.15, -0.1) is 0 Å². The van der Waals surface area contributed by atoms with Crippen LogP contribution in [0.4, 0.5) is 4.39 Å². The topological polar surface area (TPSA) is 99.6 Å². The van der Waals surface area contributed by atoms with Crippen molar-refractivity contribution in [1.29, 1.82) is 0 Å². The summed E-state index contributed by atoms with van der Waals surface area (Å²) in [5.74, 6) is -2.43. The van der Waals surface area contributed by atoms with Gasteiger partial charge in [-0.25, -0.2) is 22.6 Å². The van der Waals surface area contributed by atoms with Crippen LogP contribution in [0.1, 0.15) is 28.0 Å². The third-order valence-corrected chi connectivity index (χ3v) is 6.47. The van der Waals surface area contributed by atoms with Crippen LogP contribution in [0.25, 0.3) is 10.9 Å². The summed E-state index contributed by atoms with van der Waals surface area (Å²) in [5.41, 5.74) is 1.69. The number of fused-ring (bicyclic) bond motifs is 1. The van der Waals surface area contributed by atoms with E-state index in [1.807, 2.05) is 12.1 Å². The van der Waals surface area contributed by atoms with E-state index in [4.69, 9.17) is 9.47 Å². The predicted molar refractivity (Wildman–Crippen MR) is 111 cm³/mol. The molecule has 3 rings (SSSR count). The van der Waals surface area contributed by atoms with E-state index in [1.54, 1.807) is 19.1 Å². The van der Waals surface area contributed by atoms with E-state index in [9.17, 15) is 22.4 Å². The Hall–Kier alpha value is -3.33. The molecule has 7 nitrogen and oxygen atoms in total. The van der Waals surface area contributed by atoms with Crippen molar-refractivity contribution in [3.8, 4) is 0 Å². The molecule has 0 atom stereocenters. The second kappa shape index (κ2) is 9.22. The molecule has 162 valence electrons. The Bertz CT molecular complexity index is 1240. The van der Waals surface area contributed by atoms with Crippen LogP contribution in [0.5, 0.6) is 0 Å². The van der Waals surface area contributed by atoms with Crippen molar-refractivity contribution in [3.05, 3.63) is 71.2 Å². The number of aromatic nitrogens is 1. The minimum Gasteiger partial charge on any atom is -0.465 e. The molecule has 1 aromatic heterocycles. The van der Waals surface area contributed by atoms with Crippen molar-refractivity contribution >= 4 is 32.7 Å². The zero-order valence-electron chi connectivity index (χ0n) is 16.9. The Kier molecular flexibility index (Phi) is 6.65. The standard InChI is InChI=1S/C22H20FNO6S/c1-14-17-5-3-4-6-18(17)24-19(21(14)22(26)29-2)13-30-20(25)11-12-31(27,28)16-9-7-15(23)8-10-16/h3-10H,11-13H2,1-2H3. The highest BCUT2D eigenvalue weighted by atomic mass is 32.2. The molecule has 0 aliphatic heterocycles. The molecule has 0 aliphatic rings. The first-order valence-corrected chi connectivity index (χ1v) is 11.0. The summed E-state index contributed by atoms with van der Waals surface area (Å²) in [5, 5.41) is 0.767. The number of ether oxygens (including phenoxy) is 2. The molecule has 3 aromatic rings. The van der Waals surface area contributed by atoms with Crippen LogP contribution >= 0.6 is 0 Å². The van der Waals surface area contributed by atoms with Gasteiger partial charge in [0, 0.05) is 5.39 Å². The van der Waals surface area contributed by atoms with Crippen molar-refractivity contribution in [3.63, 3.8) is 0 Å². The fourth-order valence-corrected chi connectivity index (χ4v) is 4.34. The number of esters is 2. The van der Waals surface area contributed by atoms with E-state index in [-0.39, 0.29) is 22.8 Å². The fraction of sp³-hybridized carbons (Fsp3) is 0.227. The summed E-state index contributed by atoms with van der Waals surface area (Å²) >= 11 is 0. The van der Waals surface area contributed by atoms with Gasteiger partial charge in [-0.05, 0) is 42.8 Å². The van der Waals surface area contributed by atoms with Crippen LogP contribution < -0.4 is 0 Å². The summed E-state index contributed by atoms with van der Waals surface area (Å²) in [4.78, 5) is 28.8. The minimum absolute atomic E-state index is 0.0819. The van der Waals surface area contributed by atoms with Crippen molar-refractivity contribution in [2.75, 3.05) is 12.9 Å². The van der Waals surface area contributed by atoms with Gasteiger partial charge >= 0.3 is 11.9 Å². The molecular formula is C22H20FNO6S. The van der Waals surface area contributed by atoms with E-state index in [0.717, 1.165) is 29.7 Å². The lowest BCUT2D eigenvalue weighted by Crippen LogP contribution is -2.16. The number of rotatable bonds is 7. The average molecular weight is 445 g/mol. The van der Waals surface area contributed by atoms with Crippen LogP contribution in [0.2, 0.25) is 0 Å². The highest BCUT2D eigenvalue weighted by molar-refractivity contribution is 7.91. The average Bonchev–Trinajstić information content (AvgIpc) is 2.76. The molecule has 0 aliphatic carbocycles. The van der Waals surface area contributed by atoms with Crippen molar-refractivity contribution in [2.24, 2.45) is 0 Å². The number of aryl methyl sites for hydroxylation is 1. The molecule has 0 saturated heterocycles. The maximum atomic E-state index is 13.0. The monoisotopic (exact) mass is 445 g/mol. The molecule has 0 N–H and O–H groups in total. The normalized spacial score (nSPS) is 11.3. The van der Waals surface area contributed by atoms with E-state index in [2.05, 4.69) is 4.98 Å². The first-order valence-electron chi connectivity index (χ1n) is 9.33. The van der Waals surface area contributed by atoms with E-state index < -0.39 is 39.8 Å². The number of benzene rings is 2. The van der Waals surface area contributed by atoms with Crippen LogP contribution in [0.3, 0.4) is 0 Å². The number of hydrogen-bond donors (Lipinski definition) is 0. The summed E-state index contributed by atoms with van der Waals surface area (Å²) in [6.45, 7) is 1.43. The lowest BCUT2D eigenvalue weighted by Gasteiger charge is -2.13. The fourth-order valence-electron chi connectivity index (χ4n) is 3.12. The van der Waals surface area contributed by atoms with Crippen LogP contribution in [0, 0.1) is 12.7 Å². The van der Waals surface area contributed by atoms with E-state index in [1.165, 1.54) is 7.11 Å². The number of methoxy groups -OCH3 is 1. The Morgan fingerprint density at radius 1 is 1.06 bits per heavy atom. The lowest BCUT2D eigenvalue weighted by atomic mass is 10.0. The second-order valence-electron chi connectivity index (χ2n) is 6.75. The zero-order valence-corrected chi connectivity index (χ0v) is 17.7. The highest BCUT2D eigenvalue weighted by Crippen LogP contribution is 2.24. The summed E-state index contributed by atoms with van der Waals surface area (Å²) in [7, 11) is -2.53. The minimum atomic E-state index is -3.77. The molecule has 0 bridgehead atoms. The van der Waals surface area contributed by atoms with E-state index in [0.29, 0.717) is 11.1 Å². The maximum Gasteiger partial charge on any atom is 0.340 e. The van der Waals surface area contributed by atoms with Gasteiger partial charge in [0.25, 0.3) is 0 Å². The molecule has 0 amide bonds. The van der Waals surface area contributed by atoms with Gasteiger partial charge in [0.15, 0.2) is 9.84 Å². The molecule has 0 fully saturated rings. The van der Waals surface area contributed by atoms with Gasteiger partial charge in [0.05, 0.1) is 41.0 Å². The van der Waals surface area contributed by atoms with Crippen molar-refractivity contribution in [2.45, 2.75) is 24.8 Å². The Morgan fingerprint density at radius 3 is 2.42 bits per heavy atom. The third kappa shape index (κ3) is 5.05. The maximum absolute atomic E-state index is 13.0. The van der Waals surface area contributed by atoms with Crippen molar-refractivity contribution in [1.82, 2.24) is 4.98 Å². The number of hydrogen-bond acceptors (Lipinski definition) is 7. The Labute approximate surface area is 178 Å². The van der Waals surface area contributed by atoms with Gasteiger partial charge in [-0.3, -0.25) is 4.79 Å².